The summed E-state index contributed by atoms with van der Waals surface area (Å²) in [6, 6.07) is 6.15. The van der Waals surface area contributed by atoms with E-state index in [9.17, 15) is 0 Å². The lowest BCUT2D eigenvalue weighted by atomic mass is 10.1. The zero-order chi connectivity index (χ0) is 9.97. The quantitative estimate of drug-likeness (QED) is 0.748. The molecule has 2 aromatic rings. The zero-order valence-electron chi connectivity index (χ0n) is 8.15. The molecule has 0 aliphatic carbocycles. The molecule has 0 saturated heterocycles. The lowest BCUT2D eigenvalue weighted by Crippen LogP contribution is -1.88. The third-order valence-corrected chi connectivity index (χ3v) is 2.53. The SMILES string of the molecule is Cc1ccc(C)c(Oc2cscn2)c1. The van der Waals surface area contributed by atoms with E-state index in [-0.39, 0.29) is 0 Å². The van der Waals surface area contributed by atoms with Crippen LogP contribution in [0.4, 0.5) is 0 Å². The van der Waals surface area contributed by atoms with Crippen LogP contribution in [0.1, 0.15) is 11.1 Å². The van der Waals surface area contributed by atoms with Crippen molar-refractivity contribution in [3.8, 4) is 11.6 Å². The molecule has 0 atom stereocenters. The summed E-state index contributed by atoms with van der Waals surface area (Å²) in [5, 5.41) is 1.89. The van der Waals surface area contributed by atoms with Crippen molar-refractivity contribution in [2.75, 3.05) is 0 Å². The van der Waals surface area contributed by atoms with Crippen molar-refractivity contribution >= 4 is 11.3 Å². The molecule has 0 saturated carbocycles. The fourth-order valence-corrected chi connectivity index (χ4v) is 1.63. The fourth-order valence-electron chi connectivity index (χ4n) is 1.18. The normalized spacial score (nSPS) is 10.1. The van der Waals surface area contributed by atoms with Gasteiger partial charge in [0.2, 0.25) is 5.88 Å². The van der Waals surface area contributed by atoms with Gasteiger partial charge in [-0.3, -0.25) is 0 Å². The van der Waals surface area contributed by atoms with E-state index < -0.39 is 0 Å². The number of benzene rings is 1. The largest absolute Gasteiger partial charge is 0.438 e. The van der Waals surface area contributed by atoms with Crippen molar-refractivity contribution in [3.05, 3.63) is 40.2 Å². The highest BCUT2D eigenvalue weighted by atomic mass is 32.1. The third-order valence-electron chi connectivity index (χ3n) is 1.97. The average Bonchev–Trinajstić information content (AvgIpc) is 2.64. The van der Waals surface area contributed by atoms with E-state index in [0.717, 1.165) is 11.3 Å². The second-order valence-corrected chi connectivity index (χ2v) is 3.92. The fraction of sp³-hybridized carbons (Fsp3) is 0.182. The van der Waals surface area contributed by atoms with Crippen LogP contribution in [-0.2, 0) is 0 Å². The third kappa shape index (κ3) is 1.93. The number of hydrogen-bond acceptors (Lipinski definition) is 3. The number of aromatic nitrogens is 1. The van der Waals surface area contributed by atoms with Gasteiger partial charge in [0.1, 0.15) is 5.75 Å². The van der Waals surface area contributed by atoms with E-state index >= 15 is 0 Å². The Morgan fingerprint density at radius 1 is 1.29 bits per heavy atom. The lowest BCUT2D eigenvalue weighted by molar-refractivity contribution is 0.462. The van der Waals surface area contributed by atoms with Crippen LogP contribution < -0.4 is 4.74 Å². The minimum atomic E-state index is 0.670. The Labute approximate surface area is 87.2 Å². The Morgan fingerprint density at radius 3 is 2.86 bits per heavy atom. The first-order chi connectivity index (χ1) is 6.75. The molecule has 0 aliphatic heterocycles. The molecule has 0 N–H and O–H groups in total. The number of hydrogen-bond donors (Lipinski definition) is 0. The van der Waals surface area contributed by atoms with E-state index in [1.54, 1.807) is 5.51 Å². The molecule has 72 valence electrons. The van der Waals surface area contributed by atoms with Crippen molar-refractivity contribution < 1.29 is 4.74 Å². The second kappa shape index (κ2) is 3.80. The molecule has 0 spiro atoms. The van der Waals surface area contributed by atoms with E-state index in [1.807, 2.05) is 25.3 Å². The van der Waals surface area contributed by atoms with Gasteiger partial charge in [-0.15, -0.1) is 11.3 Å². The van der Waals surface area contributed by atoms with E-state index in [0.29, 0.717) is 5.88 Å². The van der Waals surface area contributed by atoms with Gasteiger partial charge in [-0.1, -0.05) is 12.1 Å². The molecular weight excluding hydrogens is 194 g/mol. The van der Waals surface area contributed by atoms with Gasteiger partial charge >= 0.3 is 0 Å². The Kier molecular flexibility index (Phi) is 2.50. The molecule has 0 radical (unpaired) electrons. The molecule has 0 bridgehead atoms. The molecule has 0 unspecified atom stereocenters. The van der Waals surface area contributed by atoms with Crippen LogP contribution in [0.15, 0.2) is 29.1 Å². The van der Waals surface area contributed by atoms with Crippen LogP contribution in [0.3, 0.4) is 0 Å². The molecule has 1 aromatic heterocycles. The molecule has 1 aromatic carbocycles. The molecule has 2 nitrogen and oxygen atoms in total. The topological polar surface area (TPSA) is 22.1 Å². The van der Waals surface area contributed by atoms with E-state index in [1.165, 1.54) is 16.9 Å². The van der Waals surface area contributed by atoms with E-state index in [2.05, 4.69) is 17.1 Å². The molecule has 14 heavy (non-hydrogen) atoms. The summed E-state index contributed by atoms with van der Waals surface area (Å²) in [4.78, 5) is 4.08. The standard InChI is InChI=1S/C11H11NOS/c1-8-3-4-9(2)10(5-8)13-11-6-14-7-12-11/h3-7H,1-2H3. The summed E-state index contributed by atoms with van der Waals surface area (Å²) >= 11 is 1.53. The van der Waals surface area contributed by atoms with Crippen LogP contribution in [0, 0.1) is 13.8 Å². The first-order valence-electron chi connectivity index (χ1n) is 4.39. The van der Waals surface area contributed by atoms with Gasteiger partial charge in [0, 0.05) is 0 Å². The summed E-state index contributed by atoms with van der Waals surface area (Å²) < 4.78 is 5.63. The molecule has 0 fully saturated rings. The molecule has 0 amide bonds. The summed E-state index contributed by atoms with van der Waals surface area (Å²) in [6.45, 7) is 4.08. The monoisotopic (exact) mass is 205 g/mol. The van der Waals surface area contributed by atoms with Crippen LogP contribution in [0.25, 0.3) is 0 Å². The van der Waals surface area contributed by atoms with Crippen LogP contribution in [0.5, 0.6) is 11.6 Å². The van der Waals surface area contributed by atoms with Gasteiger partial charge in [0.15, 0.2) is 0 Å². The van der Waals surface area contributed by atoms with Gasteiger partial charge in [0.25, 0.3) is 0 Å². The highest BCUT2D eigenvalue weighted by molar-refractivity contribution is 7.07. The maximum absolute atomic E-state index is 5.63. The molecule has 0 aliphatic rings. The van der Waals surface area contributed by atoms with Gasteiger partial charge in [0.05, 0.1) is 10.9 Å². The highest BCUT2D eigenvalue weighted by Gasteiger charge is 2.02. The van der Waals surface area contributed by atoms with Crippen LogP contribution in [-0.4, -0.2) is 4.98 Å². The van der Waals surface area contributed by atoms with Crippen molar-refractivity contribution in [2.45, 2.75) is 13.8 Å². The lowest BCUT2D eigenvalue weighted by Gasteiger charge is -2.06. The van der Waals surface area contributed by atoms with Gasteiger partial charge in [-0.05, 0) is 31.0 Å². The highest BCUT2D eigenvalue weighted by Crippen LogP contribution is 2.25. The predicted octanol–water partition coefficient (Wildman–Crippen LogP) is 3.55. The number of aryl methyl sites for hydroxylation is 2. The van der Waals surface area contributed by atoms with Gasteiger partial charge in [-0.2, -0.15) is 0 Å². The maximum Gasteiger partial charge on any atom is 0.230 e. The summed E-state index contributed by atoms with van der Waals surface area (Å²) in [6.07, 6.45) is 0. The maximum atomic E-state index is 5.63. The molecule has 1 heterocycles. The molecule has 3 heteroatoms. The molecular formula is C11H11NOS. The minimum Gasteiger partial charge on any atom is -0.438 e. The van der Waals surface area contributed by atoms with Crippen molar-refractivity contribution in [3.63, 3.8) is 0 Å². The Morgan fingerprint density at radius 2 is 2.14 bits per heavy atom. The van der Waals surface area contributed by atoms with Crippen molar-refractivity contribution in [1.82, 2.24) is 4.98 Å². The average molecular weight is 205 g/mol. The number of thiazole rings is 1. The summed E-state index contributed by atoms with van der Waals surface area (Å²) in [7, 11) is 0. The summed E-state index contributed by atoms with van der Waals surface area (Å²) in [5.74, 6) is 1.56. The number of ether oxygens (including phenoxy) is 1. The van der Waals surface area contributed by atoms with Gasteiger partial charge in [-0.25, -0.2) is 4.98 Å². The first kappa shape index (κ1) is 9.21. The Balaban J connectivity index is 2.28. The van der Waals surface area contributed by atoms with Crippen LogP contribution in [0.2, 0.25) is 0 Å². The molecule has 2 rings (SSSR count). The first-order valence-corrected chi connectivity index (χ1v) is 5.33. The van der Waals surface area contributed by atoms with Crippen LogP contribution >= 0.6 is 11.3 Å². The zero-order valence-corrected chi connectivity index (χ0v) is 8.97. The minimum absolute atomic E-state index is 0.670. The van der Waals surface area contributed by atoms with Crippen molar-refractivity contribution in [1.29, 1.82) is 0 Å². The van der Waals surface area contributed by atoms with Gasteiger partial charge < -0.3 is 4.74 Å². The number of rotatable bonds is 2. The smallest absolute Gasteiger partial charge is 0.230 e. The predicted molar refractivity (Wildman–Crippen MR) is 58.1 cm³/mol. The number of nitrogens with zero attached hydrogens (tertiary/aromatic N) is 1. The van der Waals surface area contributed by atoms with Crippen molar-refractivity contribution in [2.24, 2.45) is 0 Å². The Bertz CT molecular complexity index is 423. The Hall–Kier alpha value is -1.35. The summed E-state index contributed by atoms with van der Waals surface area (Å²) in [5.41, 5.74) is 4.09. The second-order valence-electron chi connectivity index (χ2n) is 3.20. The van der Waals surface area contributed by atoms with E-state index in [4.69, 9.17) is 4.74 Å².